The van der Waals surface area contributed by atoms with Gasteiger partial charge >= 0.3 is 5.97 Å². The van der Waals surface area contributed by atoms with Crippen LogP contribution in [0.5, 0.6) is 0 Å². The number of nitrogens with zero attached hydrogens (tertiary/aromatic N) is 1. The summed E-state index contributed by atoms with van der Waals surface area (Å²) in [5.41, 5.74) is -2.10. The Kier molecular flexibility index (Phi) is 3.73. The summed E-state index contributed by atoms with van der Waals surface area (Å²) in [4.78, 5) is 20.2. The van der Waals surface area contributed by atoms with Crippen molar-refractivity contribution in [2.75, 3.05) is 0 Å². The molecular formula is C8H6FNO6S. The van der Waals surface area contributed by atoms with Crippen LogP contribution in [0.4, 0.5) is 10.1 Å². The van der Waals surface area contributed by atoms with E-state index >= 15 is 0 Å². The van der Waals surface area contributed by atoms with Crippen LogP contribution in [0.1, 0.15) is 15.9 Å². The third-order valence-corrected chi connectivity index (χ3v) is 2.49. The number of thiol groups is 1. The van der Waals surface area contributed by atoms with Crippen molar-refractivity contribution in [1.82, 2.24) is 0 Å². The Hall–Kier alpha value is -2.03. The lowest BCUT2D eigenvalue weighted by molar-refractivity contribution is -0.385. The molecule has 17 heavy (non-hydrogen) atoms. The molecule has 1 aromatic carbocycles. The summed E-state index contributed by atoms with van der Waals surface area (Å²) < 4.78 is 34.1. The topological polar surface area (TPSA) is 115 Å². The number of carboxylic acids is 1. The van der Waals surface area contributed by atoms with Gasteiger partial charge in [0, 0.05) is 11.6 Å². The quantitative estimate of drug-likeness (QED) is 0.465. The van der Waals surface area contributed by atoms with Crippen LogP contribution in [0.3, 0.4) is 0 Å². The molecule has 1 N–H and O–H groups in total. The molecule has 0 aliphatic heterocycles. The zero-order valence-electron chi connectivity index (χ0n) is 8.12. The Bertz CT molecular complexity index is 559. The van der Waals surface area contributed by atoms with E-state index in [0.717, 1.165) is 0 Å². The van der Waals surface area contributed by atoms with Crippen molar-refractivity contribution >= 4 is 22.4 Å². The number of hydrogen-bond donors (Lipinski definition) is 2. The Morgan fingerprint density at radius 1 is 1.47 bits per heavy atom. The maximum atomic E-state index is 13.3. The van der Waals surface area contributed by atoms with Crippen LogP contribution in [0.2, 0.25) is 0 Å². The second-order valence-corrected chi connectivity index (χ2v) is 4.00. The van der Waals surface area contributed by atoms with Crippen LogP contribution in [0.25, 0.3) is 0 Å². The molecule has 0 saturated carbocycles. The number of aromatic carboxylic acids is 1. The van der Waals surface area contributed by atoms with E-state index in [9.17, 15) is 27.7 Å². The number of halogens is 1. The van der Waals surface area contributed by atoms with E-state index in [1.165, 1.54) is 0 Å². The van der Waals surface area contributed by atoms with Gasteiger partial charge in [0.15, 0.2) is 0 Å². The lowest BCUT2D eigenvalue weighted by Crippen LogP contribution is -2.06. The number of hydrogen-bond acceptors (Lipinski definition) is 5. The van der Waals surface area contributed by atoms with Gasteiger partial charge in [0.1, 0.15) is 22.1 Å². The molecule has 7 nitrogen and oxygen atoms in total. The van der Waals surface area contributed by atoms with E-state index in [-0.39, 0.29) is 0 Å². The van der Waals surface area contributed by atoms with Gasteiger partial charge < -0.3 is 5.11 Å². The smallest absolute Gasteiger partial charge is 0.342 e. The zero-order valence-corrected chi connectivity index (χ0v) is 9.02. The highest BCUT2D eigenvalue weighted by atomic mass is 32.2. The lowest BCUT2D eigenvalue weighted by Gasteiger charge is -2.02. The maximum absolute atomic E-state index is 13.3. The van der Waals surface area contributed by atoms with Crippen molar-refractivity contribution in [1.29, 1.82) is 0 Å². The molecule has 0 saturated heterocycles. The van der Waals surface area contributed by atoms with Crippen molar-refractivity contribution < 1.29 is 27.6 Å². The molecule has 92 valence electrons. The minimum atomic E-state index is -2.96. The fourth-order valence-electron chi connectivity index (χ4n) is 1.19. The first-order valence-electron chi connectivity index (χ1n) is 4.15. The summed E-state index contributed by atoms with van der Waals surface area (Å²) in [6, 6.07) is 1.05. The van der Waals surface area contributed by atoms with Gasteiger partial charge in [-0.1, -0.05) is 0 Å². The first-order chi connectivity index (χ1) is 7.82. The van der Waals surface area contributed by atoms with E-state index in [0.29, 0.717) is 12.1 Å². The minimum Gasteiger partial charge on any atom is -0.477 e. The molecule has 0 bridgehead atoms. The Morgan fingerprint density at radius 2 is 2.06 bits per heavy atom. The SMILES string of the molecule is O=C(O)c1cc(F)c(C[SH](=O)=O)cc1[N+](=O)[O-]. The Labute approximate surface area is 95.6 Å². The van der Waals surface area contributed by atoms with Crippen LogP contribution in [0, 0.1) is 15.9 Å². The van der Waals surface area contributed by atoms with Gasteiger partial charge in [0.25, 0.3) is 5.69 Å². The Morgan fingerprint density at radius 3 is 2.47 bits per heavy atom. The second-order valence-electron chi connectivity index (χ2n) is 3.01. The van der Waals surface area contributed by atoms with Gasteiger partial charge in [-0.2, -0.15) is 0 Å². The highest BCUT2D eigenvalue weighted by Gasteiger charge is 2.23. The predicted octanol–water partition coefficient (Wildman–Crippen LogP) is 0.544. The molecule has 0 fully saturated rings. The van der Waals surface area contributed by atoms with Crippen LogP contribution < -0.4 is 0 Å². The molecule has 0 amide bonds. The van der Waals surface area contributed by atoms with Crippen molar-refractivity contribution in [3.05, 3.63) is 39.2 Å². The summed E-state index contributed by atoms with van der Waals surface area (Å²) in [5, 5.41) is 19.2. The van der Waals surface area contributed by atoms with E-state index in [1.54, 1.807) is 0 Å². The summed E-state index contributed by atoms with van der Waals surface area (Å²) in [6.45, 7) is 0. The van der Waals surface area contributed by atoms with Gasteiger partial charge in [-0.3, -0.25) is 10.1 Å². The molecule has 0 heterocycles. The fraction of sp³-hybridized carbons (Fsp3) is 0.125. The van der Waals surface area contributed by atoms with E-state index in [4.69, 9.17) is 5.11 Å². The molecule has 1 aromatic rings. The van der Waals surface area contributed by atoms with Crippen molar-refractivity contribution in [2.24, 2.45) is 0 Å². The van der Waals surface area contributed by atoms with Gasteiger partial charge in [0.05, 0.1) is 10.7 Å². The van der Waals surface area contributed by atoms with Crippen molar-refractivity contribution in [2.45, 2.75) is 5.75 Å². The standard InChI is InChI=1S/C8H6FNO6S/c9-6-2-5(8(11)12)7(10(13)14)1-4(6)3-17(15)16/h1-2,17H,3H2,(H,11,12). The van der Waals surface area contributed by atoms with E-state index in [2.05, 4.69) is 0 Å². The third kappa shape index (κ3) is 2.97. The van der Waals surface area contributed by atoms with Crippen molar-refractivity contribution in [3.63, 3.8) is 0 Å². The summed E-state index contributed by atoms with van der Waals surface area (Å²) in [7, 11) is -2.96. The lowest BCUT2D eigenvalue weighted by atomic mass is 10.1. The predicted molar refractivity (Wildman–Crippen MR) is 54.0 cm³/mol. The van der Waals surface area contributed by atoms with Gasteiger partial charge in [-0.25, -0.2) is 17.6 Å². The molecule has 0 aliphatic carbocycles. The molecule has 0 radical (unpaired) electrons. The molecule has 0 aliphatic rings. The first kappa shape index (κ1) is 13.0. The fourth-order valence-corrected chi connectivity index (χ4v) is 1.71. The first-order valence-corrected chi connectivity index (χ1v) is 5.51. The molecule has 9 heteroatoms. The minimum absolute atomic E-state index is 0.433. The summed E-state index contributed by atoms with van der Waals surface area (Å²) >= 11 is 0. The number of benzene rings is 1. The number of rotatable bonds is 4. The molecule has 0 atom stereocenters. The number of carboxylic acid groups (broad SMARTS) is 1. The molecule has 0 aromatic heterocycles. The number of nitro groups is 1. The van der Waals surface area contributed by atoms with Gasteiger partial charge in [-0.05, 0) is 6.07 Å². The van der Waals surface area contributed by atoms with E-state index < -0.39 is 50.0 Å². The number of nitro benzene ring substituents is 1. The zero-order chi connectivity index (χ0) is 13.2. The average Bonchev–Trinajstić information content (AvgIpc) is 2.19. The van der Waals surface area contributed by atoms with E-state index in [1.807, 2.05) is 0 Å². The van der Waals surface area contributed by atoms with Gasteiger partial charge in [-0.15, -0.1) is 0 Å². The maximum Gasteiger partial charge on any atom is 0.342 e. The normalized spacial score (nSPS) is 10.5. The summed E-state index contributed by atoms with van der Waals surface area (Å²) in [5.74, 6) is -3.48. The van der Waals surface area contributed by atoms with Crippen LogP contribution in [-0.2, 0) is 16.5 Å². The number of carbonyl (C=O) groups is 1. The highest BCUT2D eigenvalue weighted by molar-refractivity contribution is 7.71. The Balaban J connectivity index is 3.44. The third-order valence-electron chi connectivity index (χ3n) is 1.89. The van der Waals surface area contributed by atoms with Crippen molar-refractivity contribution in [3.8, 4) is 0 Å². The average molecular weight is 263 g/mol. The summed E-state index contributed by atoms with van der Waals surface area (Å²) in [6.07, 6.45) is 0. The largest absolute Gasteiger partial charge is 0.477 e. The molecule has 1 rings (SSSR count). The van der Waals surface area contributed by atoms with Crippen LogP contribution >= 0.6 is 0 Å². The molecule has 0 unspecified atom stereocenters. The van der Waals surface area contributed by atoms with Crippen LogP contribution in [-0.4, -0.2) is 24.4 Å². The van der Waals surface area contributed by atoms with Crippen LogP contribution in [0.15, 0.2) is 12.1 Å². The molecule has 0 spiro atoms. The second kappa shape index (κ2) is 4.87. The molecular weight excluding hydrogens is 257 g/mol. The highest BCUT2D eigenvalue weighted by Crippen LogP contribution is 2.23. The monoisotopic (exact) mass is 263 g/mol. The van der Waals surface area contributed by atoms with Gasteiger partial charge in [0.2, 0.25) is 0 Å².